The minimum Gasteiger partial charge on any atom is -0.496 e. The van der Waals surface area contributed by atoms with Crippen LogP contribution in [0.25, 0.3) is 0 Å². The number of carbonyl (C=O) groups is 2. The molecule has 9 heteroatoms. The molecular formula is C20H24N2O6S. The molecule has 1 atom stereocenters. The number of rotatable bonds is 7. The van der Waals surface area contributed by atoms with Crippen LogP contribution in [0.1, 0.15) is 40.0 Å². The second-order valence-electron chi connectivity index (χ2n) is 6.62. The maximum Gasteiger partial charge on any atom is 0.342 e. The molecule has 0 heterocycles. The van der Waals surface area contributed by atoms with Gasteiger partial charge in [-0.2, -0.15) is 0 Å². The van der Waals surface area contributed by atoms with Gasteiger partial charge in [0.25, 0.3) is 5.91 Å². The van der Waals surface area contributed by atoms with Crippen molar-refractivity contribution in [2.24, 2.45) is 5.14 Å². The molecule has 2 aromatic carbocycles. The van der Waals surface area contributed by atoms with Crippen molar-refractivity contribution >= 4 is 21.9 Å². The summed E-state index contributed by atoms with van der Waals surface area (Å²) < 4.78 is 33.1. The monoisotopic (exact) mass is 420 g/mol. The van der Waals surface area contributed by atoms with Gasteiger partial charge in [0.1, 0.15) is 11.3 Å². The lowest BCUT2D eigenvalue weighted by molar-refractivity contribution is -0.124. The molecule has 0 saturated carbocycles. The second kappa shape index (κ2) is 9.06. The Labute approximate surface area is 170 Å². The molecule has 0 spiro atoms. The van der Waals surface area contributed by atoms with Gasteiger partial charge < -0.3 is 14.8 Å². The molecule has 1 amide bonds. The van der Waals surface area contributed by atoms with Crippen LogP contribution >= 0.6 is 0 Å². The number of ether oxygens (including phenoxy) is 2. The first kappa shape index (κ1) is 22.4. The Morgan fingerprint density at radius 2 is 1.79 bits per heavy atom. The third kappa shape index (κ3) is 5.78. The maximum absolute atomic E-state index is 12.3. The van der Waals surface area contributed by atoms with Gasteiger partial charge in [-0.15, -0.1) is 0 Å². The van der Waals surface area contributed by atoms with E-state index < -0.39 is 28.5 Å². The predicted molar refractivity (Wildman–Crippen MR) is 107 cm³/mol. The topological polar surface area (TPSA) is 125 Å². The van der Waals surface area contributed by atoms with Gasteiger partial charge in [0, 0.05) is 0 Å². The molecule has 0 aliphatic heterocycles. The number of sulfonamides is 1. The molecular weight excluding hydrogens is 396 g/mol. The van der Waals surface area contributed by atoms with Crippen molar-refractivity contribution in [3.8, 4) is 5.75 Å². The third-order valence-corrected chi connectivity index (χ3v) is 5.37. The van der Waals surface area contributed by atoms with E-state index >= 15 is 0 Å². The third-order valence-electron chi connectivity index (χ3n) is 4.46. The van der Waals surface area contributed by atoms with Gasteiger partial charge in [0.15, 0.2) is 6.61 Å². The molecule has 156 valence electrons. The van der Waals surface area contributed by atoms with Crippen LogP contribution in [0, 0.1) is 13.8 Å². The molecule has 0 unspecified atom stereocenters. The van der Waals surface area contributed by atoms with Crippen LogP contribution in [0.3, 0.4) is 0 Å². The lowest BCUT2D eigenvalue weighted by Crippen LogP contribution is -2.31. The Morgan fingerprint density at radius 3 is 2.38 bits per heavy atom. The van der Waals surface area contributed by atoms with Crippen molar-refractivity contribution in [1.29, 1.82) is 0 Å². The van der Waals surface area contributed by atoms with E-state index in [1.807, 2.05) is 39.0 Å². The second-order valence-corrected chi connectivity index (χ2v) is 8.18. The Kier molecular flexibility index (Phi) is 6.99. The highest BCUT2D eigenvalue weighted by molar-refractivity contribution is 7.89. The summed E-state index contributed by atoms with van der Waals surface area (Å²) in [7, 11) is -2.69. The van der Waals surface area contributed by atoms with Gasteiger partial charge in [-0.25, -0.2) is 18.4 Å². The number of nitrogens with two attached hydrogens (primary N) is 1. The number of hydrogen-bond donors (Lipinski definition) is 2. The van der Waals surface area contributed by atoms with Crippen LogP contribution in [-0.4, -0.2) is 34.0 Å². The fourth-order valence-corrected chi connectivity index (χ4v) is 3.17. The van der Waals surface area contributed by atoms with Crippen molar-refractivity contribution in [2.45, 2.75) is 31.7 Å². The van der Waals surface area contributed by atoms with Crippen molar-refractivity contribution in [1.82, 2.24) is 5.32 Å². The number of primary sulfonamides is 1. The van der Waals surface area contributed by atoms with Crippen LogP contribution in [-0.2, 0) is 19.6 Å². The highest BCUT2D eigenvalue weighted by Crippen LogP contribution is 2.23. The van der Waals surface area contributed by atoms with E-state index in [9.17, 15) is 18.0 Å². The first-order valence-electron chi connectivity index (χ1n) is 8.77. The average Bonchev–Trinajstić information content (AvgIpc) is 2.66. The van der Waals surface area contributed by atoms with E-state index in [0.29, 0.717) is 0 Å². The first-order chi connectivity index (χ1) is 13.5. The molecule has 29 heavy (non-hydrogen) atoms. The summed E-state index contributed by atoms with van der Waals surface area (Å²) in [6.07, 6.45) is 0. The van der Waals surface area contributed by atoms with Gasteiger partial charge >= 0.3 is 5.97 Å². The molecule has 2 aromatic rings. The van der Waals surface area contributed by atoms with E-state index in [1.54, 1.807) is 0 Å². The number of aryl methyl sites for hydroxylation is 2. The van der Waals surface area contributed by atoms with Crippen molar-refractivity contribution < 1.29 is 27.5 Å². The highest BCUT2D eigenvalue weighted by atomic mass is 32.2. The zero-order valence-electron chi connectivity index (χ0n) is 16.7. The van der Waals surface area contributed by atoms with E-state index in [4.69, 9.17) is 14.6 Å². The number of carbonyl (C=O) groups excluding carboxylic acids is 2. The molecule has 0 bridgehead atoms. The minimum absolute atomic E-state index is 0.103. The van der Waals surface area contributed by atoms with Crippen LogP contribution in [0.2, 0.25) is 0 Å². The number of amides is 1. The Hall–Kier alpha value is -2.91. The number of nitrogens with one attached hydrogen (secondary N) is 1. The standard InChI is InChI=1S/C20H24N2O6S/c1-12-5-6-15(9-13(12)2)14(3)22-19(23)11-28-20(24)17-10-16(29(21,25)26)7-8-18(17)27-4/h5-10,14H,11H2,1-4H3,(H,22,23)(H2,21,25,26)/t14-/m0/s1. The average molecular weight is 420 g/mol. The lowest BCUT2D eigenvalue weighted by atomic mass is 10.0. The lowest BCUT2D eigenvalue weighted by Gasteiger charge is -2.16. The van der Waals surface area contributed by atoms with E-state index in [2.05, 4.69) is 5.32 Å². The van der Waals surface area contributed by atoms with Crippen LogP contribution in [0.15, 0.2) is 41.3 Å². The quantitative estimate of drug-likeness (QED) is 0.660. The largest absolute Gasteiger partial charge is 0.496 e. The molecule has 2 rings (SSSR count). The summed E-state index contributed by atoms with van der Waals surface area (Å²) in [6.45, 7) is 5.28. The van der Waals surface area contributed by atoms with E-state index in [1.165, 1.54) is 19.2 Å². The van der Waals surface area contributed by atoms with Crippen molar-refractivity contribution in [3.63, 3.8) is 0 Å². The van der Waals surface area contributed by atoms with Gasteiger partial charge in [-0.3, -0.25) is 4.79 Å². The minimum atomic E-state index is -4.01. The summed E-state index contributed by atoms with van der Waals surface area (Å²) in [6, 6.07) is 9.14. The number of benzene rings is 2. The maximum atomic E-state index is 12.3. The van der Waals surface area contributed by atoms with Crippen molar-refractivity contribution in [3.05, 3.63) is 58.7 Å². The normalized spacial score (nSPS) is 12.2. The number of esters is 1. The number of methoxy groups -OCH3 is 1. The molecule has 8 nitrogen and oxygen atoms in total. The zero-order valence-corrected chi connectivity index (χ0v) is 17.5. The molecule has 0 aliphatic carbocycles. The highest BCUT2D eigenvalue weighted by Gasteiger charge is 2.20. The summed E-state index contributed by atoms with van der Waals surface area (Å²) in [5.41, 5.74) is 3.04. The summed E-state index contributed by atoms with van der Waals surface area (Å²) in [5.74, 6) is -1.29. The Morgan fingerprint density at radius 1 is 1.10 bits per heavy atom. The van der Waals surface area contributed by atoms with Crippen LogP contribution in [0.5, 0.6) is 5.75 Å². The van der Waals surface area contributed by atoms with Crippen LogP contribution in [0.4, 0.5) is 0 Å². The van der Waals surface area contributed by atoms with Gasteiger partial charge in [-0.05, 0) is 55.7 Å². The molecule has 0 radical (unpaired) electrons. The summed E-state index contributed by atoms with van der Waals surface area (Å²) >= 11 is 0. The van der Waals surface area contributed by atoms with Gasteiger partial charge in [0.2, 0.25) is 10.0 Å². The fourth-order valence-electron chi connectivity index (χ4n) is 2.63. The zero-order chi connectivity index (χ0) is 21.8. The van der Waals surface area contributed by atoms with Gasteiger partial charge in [0.05, 0.1) is 18.0 Å². The fraction of sp³-hybridized carbons (Fsp3) is 0.300. The Balaban J connectivity index is 2.04. The SMILES string of the molecule is COc1ccc(S(N)(=O)=O)cc1C(=O)OCC(=O)N[C@@H](C)c1ccc(C)c(C)c1. The molecule has 0 aromatic heterocycles. The number of hydrogen-bond acceptors (Lipinski definition) is 6. The van der Waals surface area contributed by atoms with Gasteiger partial charge in [-0.1, -0.05) is 18.2 Å². The summed E-state index contributed by atoms with van der Waals surface area (Å²) in [5, 5.41) is 7.84. The molecule has 0 saturated heterocycles. The first-order valence-corrected chi connectivity index (χ1v) is 10.3. The molecule has 0 aliphatic rings. The van der Waals surface area contributed by atoms with E-state index in [0.717, 1.165) is 22.8 Å². The van der Waals surface area contributed by atoms with Crippen molar-refractivity contribution in [2.75, 3.05) is 13.7 Å². The smallest absolute Gasteiger partial charge is 0.342 e. The van der Waals surface area contributed by atoms with Crippen LogP contribution < -0.4 is 15.2 Å². The van der Waals surface area contributed by atoms with E-state index in [-0.39, 0.29) is 22.3 Å². The predicted octanol–water partition coefficient (Wildman–Crippen LogP) is 1.99. The summed E-state index contributed by atoms with van der Waals surface area (Å²) in [4.78, 5) is 24.2. The molecule has 3 N–H and O–H groups in total. The molecule has 0 fully saturated rings. The Bertz CT molecular complexity index is 1030.